The Balaban J connectivity index is 1.72. The molecule has 7 heteroatoms. The number of thiophene rings is 1. The summed E-state index contributed by atoms with van der Waals surface area (Å²) in [7, 11) is 0. The van der Waals surface area contributed by atoms with E-state index in [1.165, 1.54) is 11.3 Å². The molecule has 5 nitrogen and oxygen atoms in total. The summed E-state index contributed by atoms with van der Waals surface area (Å²) in [5.74, 6) is 0.981. The van der Waals surface area contributed by atoms with Crippen LogP contribution in [0.1, 0.15) is 10.4 Å². The summed E-state index contributed by atoms with van der Waals surface area (Å²) in [6.07, 6.45) is 1.58. The number of ether oxygens (including phenoxy) is 3. The molecule has 22 heavy (non-hydrogen) atoms. The molecule has 0 unspecified atom stereocenters. The van der Waals surface area contributed by atoms with Gasteiger partial charge in [0.15, 0.2) is 17.2 Å². The number of halogens is 1. The molecule has 0 aliphatic carbocycles. The molecule has 2 aliphatic rings. The van der Waals surface area contributed by atoms with Crippen molar-refractivity contribution >= 4 is 40.9 Å². The highest BCUT2D eigenvalue weighted by atomic mass is 35.5. The topological polar surface area (TPSA) is 57.1 Å². The molecule has 1 aromatic carbocycles. The smallest absolute Gasteiger partial charge is 0.363 e. The first kappa shape index (κ1) is 13.4. The van der Waals surface area contributed by atoms with Crippen LogP contribution in [-0.2, 0) is 9.53 Å². The predicted octanol–water partition coefficient (Wildman–Crippen LogP) is 3.47. The summed E-state index contributed by atoms with van der Waals surface area (Å²) in [6.45, 7) is 0.161. The van der Waals surface area contributed by atoms with E-state index < -0.39 is 5.97 Å². The molecule has 2 aliphatic heterocycles. The van der Waals surface area contributed by atoms with Gasteiger partial charge in [0.05, 0.1) is 9.90 Å². The minimum atomic E-state index is -0.503. The fourth-order valence-electron chi connectivity index (χ4n) is 2.11. The Labute approximate surface area is 134 Å². The molecule has 0 saturated heterocycles. The zero-order valence-corrected chi connectivity index (χ0v) is 12.6. The largest absolute Gasteiger partial charge is 0.454 e. The highest BCUT2D eigenvalue weighted by Crippen LogP contribution is 2.38. The highest BCUT2D eigenvalue weighted by Gasteiger charge is 2.25. The van der Waals surface area contributed by atoms with Gasteiger partial charge < -0.3 is 14.2 Å². The van der Waals surface area contributed by atoms with Gasteiger partial charge in [-0.05, 0) is 29.2 Å². The van der Waals surface area contributed by atoms with Gasteiger partial charge in [-0.3, -0.25) is 0 Å². The lowest BCUT2D eigenvalue weighted by molar-refractivity contribution is -0.129. The maximum absolute atomic E-state index is 11.9. The van der Waals surface area contributed by atoms with Crippen molar-refractivity contribution in [3.63, 3.8) is 0 Å². The molecule has 0 radical (unpaired) electrons. The van der Waals surface area contributed by atoms with Crippen LogP contribution in [0.25, 0.3) is 6.08 Å². The fraction of sp³-hybridized carbons (Fsp3) is 0.0667. The molecular formula is C15H8ClNO4S. The third-order valence-electron chi connectivity index (χ3n) is 3.14. The van der Waals surface area contributed by atoms with Gasteiger partial charge in [0.25, 0.3) is 0 Å². The van der Waals surface area contributed by atoms with E-state index in [2.05, 4.69) is 4.99 Å². The van der Waals surface area contributed by atoms with Crippen molar-refractivity contribution in [3.05, 3.63) is 50.8 Å². The first-order valence-corrected chi connectivity index (χ1v) is 7.62. The van der Waals surface area contributed by atoms with E-state index in [1.807, 2.05) is 17.5 Å². The van der Waals surface area contributed by atoms with Gasteiger partial charge in [-0.15, -0.1) is 11.3 Å². The molecule has 4 rings (SSSR count). The van der Waals surface area contributed by atoms with Gasteiger partial charge in [-0.2, -0.15) is 0 Å². The number of benzene rings is 1. The average Bonchev–Trinajstić information content (AvgIpc) is 3.21. The van der Waals surface area contributed by atoms with Gasteiger partial charge >= 0.3 is 5.97 Å². The summed E-state index contributed by atoms with van der Waals surface area (Å²) < 4.78 is 15.7. The van der Waals surface area contributed by atoms with E-state index in [0.29, 0.717) is 28.0 Å². The monoisotopic (exact) mass is 333 g/mol. The minimum Gasteiger partial charge on any atom is -0.454 e. The van der Waals surface area contributed by atoms with Crippen LogP contribution in [-0.4, -0.2) is 18.7 Å². The molecular weight excluding hydrogens is 326 g/mol. The maximum atomic E-state index is 11.9. The van der Waals surface area contributed by atoms with Gasteiger partial charge in [0, 0.05) is 6.07 Å². The molecule has 0 saturated carbocycles. The van der Waals surface area contributed by atoms with Crippen molar-refractivity contribution in [2.24, 2.45) is 4.99 Å². The molecule has 1 aromatic heterocycles. The average molecular weight is 334 g/mol. The molecule has 0 atom stereocenters. The summed E-state index contributed by atoms with van der Waals surface area (Å²) in [5.41, 5.74) is 0.818. The Bertz CT molecular complexity index is 826. The van der Waals surface area contributed by atoms with Crippen LogP contribution in [0, 0.1) is 0 Å². The zero-order chi connectivity index (χ0) is 15.1. The van der Waals surface area contributed by atoms with Crippen molar-refractivity contribution in [2.75, 3.05) is 6.79 Å². The number of rotatable bonds is 2. The van der Waals surface area contributed by atoms with E-state index in [4.69, 9.17) is 25.8 Å². The van der Waals surface area contributed by atoms with E-state index in [0.717, 1.165) is 4.88 Å². The summed E-state index contributed by atoms with van der Waals surface area (Å²) in [6, 6.07) is 7.07. The highest BCUT2D eigenvalue weighted by molar-refractivity contribution is 7.12. The molecule has 0 fully saturated rings. The normalized spacial score (nSPS) is 17.8. The number of cyclic esters (lactones) is 1. The molecule has 2 aromatic rings. The zero-order valence-electron chi connectivity index (χ0n) is 11.0. The van der Waals surface area contributed by atoms with E-state index in [1.54, 1.807) is 18.2 Å². The molecule has 0 spiro atoms. The fourth-order valence-corrected chi connectivity index (χ4v) is 2.96. The molecule has 110 valence electrons. The molecule has 0 amide bonds. The first-order chi connectivity index (χ1) is 10.7. The quantitative estimate of drug-likeness (QED) is 0.623. The van der Waals surface area contributed by atoms with E-state index in [-0.39, 0.29) is 12.5 Å². The second-order valence-electron chi connectivity index (χ2n) is 4.54. The third-order valence-corrected chi connectivity index (χ3v) is 4.32. The van der Waals surface area contributed by atoms with Crippen LogP contribution in [0.4, 0.5) is 0 Å². The van der Waals surface area contributed by atoms with E-state index >= 15 is 0 Å². The summed E-state index contributed by atoms with van der Waals surface area (Å²) in [4.78, 5) is 17.0. The number of nitrogens with zero attached hydrogens (tertiary/aromatic N) is 1. The molecule has 0 N–H and O–H groups in total. The number of carbonyl (C=O) groups excluding carboxylic acids is 1. The van der Waals surface area contributed by atoms with Gasteiger partial charge in [0.2, 0.25) is 12.7 Å². The molecule has 3 heterocycles. The Kier molecular flexibility index (Phi) is 3.13. The summed E-state index contributed by atoms with van der Waals surface area (Å²) >= 11 is 7.64. The number of esters is 1. The minimum absolute atomic E-state index is 0.161. The van der Waals surface area contributed by atoms with Gasteiger partial charge in [-0.25, -0.2) is 9.79 Å². The number of hydrogen-bond acceptors (Lipinski definition) is 6. The number of carbonyl (C=O) groups is 1. The van der Waals surface area contributed by atoms with Crippen molar-refractivity contribution in [3.8, 4) is 11.5 Å². The number of hydrogen-bond donors (Lipinski definition) is 0. The van der Waals surface area contributed by atoms with Gasteiger partial charge in [0.1, 0.15) is 0 Å². The molecule has 0 bridgehead atoms. The van der Waals surface area contributed by atoms with Crippen molar-refractivity contribution in [2.45, 2.75) is 0 Å². The third kappa shape index (κ3) is 2.26. The van der Waals surface area contributed by atoms with Crippen LogP contribution in [0.3, 0.4) is 0 Å². The second-order valence-corrected chi connectivity index (χ2v) is 5.90. The summed E-state index contributed by atoms with van der Waals surface area (Å²) in [5, 5.41) is 2.34. The van der Waals surface area contributed by atoms with Crippen molar-refractivity contribution in [1.29, 1.82) is 0 Å². The van der Waals surface area contributed by atoms with Crippen molar-refractivity contribution < 1.29 is 19.0 Å². The van der Waals surface area contributed by atoms with Crippen LogP contribution in [0.5, 0.6) is 11.5 Å². The standard InChI is InChI=1S/C15H8ClNO4S/c16-9-6-12-11(19-7-20-12)5-8(9)4-10-15(18)21-14(17-10)13-2-1-3-22-13/h1-6H,7H2/b10-4-. The van der Waals surface area contributed by atoms with Crippen LogP contribution in [0.15, 0.2) is 40.3 Å². The maximum Gasteiger partial charge on any atom is 0.363 e. The van der Waals surface area contributed by atoms with E-state index in [9.17, 15) is 4.79 Å². The number of aliphatic imine (C=N–C) groups is 1. The lowest BCUT2D eigenvalue weighted by atomic mass is 10.1. The lowest BCUT2D eigenvalue weighted by Crippen LogP contribution is -2.03. The second kappa shape index (κ2) is 5.15. The van der Waals surface area contributed by atoms with Crippen LogP contribution in [0.2, 0.25) is 5.02 Å². The lowest BCUT2D eigenvalue weighted by Gasteiger charge is -2.01. The Morgan fingerprint density at radius 1 is 1.27 bits per heavy atom. The Morgan fingerprint density at radius 2 is 2.09 bits per heavy atom. The SMILES string of the molecule is O=C1OC(c2cccs2)=N/C1=C\c1cc2c(cc1Cl)OCO2. The van der Waals surface area contributed by atoms with Crippen molar-refractivity contribution in [1.82, 2.24) is 0 Å². The Morgan fingerprint density at radius 3 is 2.86 bits per heavy atom. The van der Waals surface area contributed by atoms with Crippen LogP contribution < -0.4 is 9.47 Å². The van der Waals surface area contributed by atoms with Gasteiger partial charge in [-0.1, -0.05) is 17.7 Å². The predicted molar refractivity (Wildman–Crippen MR) is 82.5 cm³/mol. The number of fused-ring (bicyclic) bond motifs is 1. The Hall–Kier alpha value is -2.31. The first-order valence-electron chi connectivity index (χ1n) is 6.36. The van der Waals surface area contributed by atoms with Crippen LogP contribution >= 0.6 is 22.9 Å².